The Morgan fingerprint density at radius 1 is 0.674 bits per heavy atom. The molecule has 0 saturated carbocycles. The fourth-order valence-corrected chi connectivity index (χ4v) is 4.91. The summed E-state index contributed by atoms with van der Waals surface area (Å²) in [5.41, 5.74) is 5.88. The minimum absolute atomic E-state index is 0.163. The second-order valence-corrected chi connectivity index (χ2v) is 10.2. The molecule has 0 heterocycles. The van der Waals surface area contributed by atoms with Gasteiger partial charge in [-0.2, -0.15) is 0 Å². The van der Waals surface area contributed by atoms with Crippen LogP contribution in [-0.2, 0) is 17.6 Å². The predicted molar refractivity (Wildman–Crippen MR) is 171 cm³/mol. The lowest BCUT2D eigenvalue weighted by molar-refractivity contribution is -0.137. The van der Waals surface area contributed by atoms with Gasteiger partial charge in [0.25, 0.3) is 0 Å². The van der Waals surface area contributed by atoms with E-state index >= 15 is 0 Å². The van der Waals surface area contributed by atoms with Gasteiger partial charge in [-0.15, -0.1) is 0 Å². The first-order chi connectivity index (χ1) is 21.1. The van der Waals surface area contributed by atoms with Gasteiger partial charge >= 0.3 is 5.97 Å². The minimum Gasteiger partial charge on any atom is -0.492 e. The van der Waals surface area contributed by atoms with Crippen LogP contribution in [-0.4, -0.2) is 36.1 Å². The third kappa shape index (κ3) is 8.11. The molecule has 0 amide bonds. The summed E-state index contributed by atoms with van der Waals surface area (Å²) in [6.45, 7) is 1.12. The molecular weight excluding hydrogens is 536 g/mol. The summed E-state index contributed by atoms with van der Waals surface area (Å²) in [6.07, 6.45) is 1.09. The third-order valence-corrected chi connectivity index (χ3v) is 7.14. The lowest BCUT2D eigenvalue weighted by atomic mass is 10.00. The van der Waals surface area contributed by atoms with Gasteiger partial charge in [0.05, 0.1) is 0 Å². The number of carbonyl (C=O) groups is 2. The van der Waals surface area contributed by atoms with Crippen molar-refractivity contribution in [2.45, 2.75) is 18.9 Å². The molecule has 5 rings (SSSR count). The molecule has 3 N–H and O–H groups in total. The van der Waals surface area contributed by atoms with E-state index in [1.165, 1.54) is 11.1 Å². The molecular formula is C37H34N2O4. The molecule has 6 nitrogen and oxygen atoms in total. The molecule has 5 aromatic rings. The maximum Gasteiger partial charge on any atom is 0.326 e. The average Bonchev–Trinajstić information content (AvgIpc) is 3.05. The highest BCUT2D eigenvalue weighted by molar-refractivity contribution is 6.12. The number of aliphatic carboxylic acids is 1. The van der Waals surface area contributed by atoms with Crippen molar-refractivity contribution in [3.05, 3.63) is 161 Å². The van der Waals surface area contributed by atoms with Crippen LogP contribution in [0.15, 0.2) is 133 Å². The lowest BCUT2D eigenvalue weighted by Crippen LogP contribution is -2.32. The molecule has 0 aliphatic heterocycles. The fourth-order valence-electron chi connectivity index (χ4n) is 4.91. The van der Waals surface area contributed by atoms with Crippen LogP contribution in [0.4, 0.5) is 11.4 Å². The highest BCUT2D eigenvalue weighted by Gasteiger charge is 2.21. The number of ketones is 1. The van der Waals surface area contributed by atoms with Crippen molar-refractivity contribution in [1.29, 1.82) is 0 Å². The smallest absolute Gasteiger partial charge is 0.326 e. The van der Waals surface area contributed by atoms with Gasteiger partial charge in [0.1, 0.15) is 18.4 Å². The molecule has 5 aromatic carbocycles. The summed E-state index contributed by atoms with van der Waals surface area (Å²) < 4.78 is 5.94. The van der Waals surface area contributed by atoms with Crippen molar-refractivity contribution in [2.24, 2.45) is 0 Å². The molecule has 0 radical (unpaired) electrons. The van der Waals surface area contributed by atoms with Gasteiger partial charge in [0.2, 0.25) is 0 Å². The van der Waals surface area contributed by atoms with Gasteiger partial charge in [-0.3, -0.25) is 4.79 Å². The van der Waals surface area contributed by atoms with E-state index in [1.54, 1.807) is 48.5 Å². The Balaban J connectivity index is 1.15. The van der Waals surface area contributed by atoms with E-state index < -0.39 is 12.0 Å². The number of carbonyl (C=O) groups excluding carboxylic acids is 1. The van der Waals surface area contributed by atoms with Crippen molar-refractivity contribution in [2.75, 3.05) is 23.8 Å². The zero-order chi connectivity index (χ0) is 29.9. The molecule has 216 valence electrons. The fraction of sp³-hybridized carbons (Fsp3) is 0.135. The molecule has 1 unspecified atom stereocenters. The van der Waals surface area contributed by atoms with E-state index in [-0.39, 0.29) is 12.2 Å². The summed E-state index contributed by atoms with van der Waals surface area (Å²) in [4.78, 5) is 25.3. The quantitative estimate of drug-likeness (QED) is 0.0975. The van der Waals surface area contributed by atoms with Crippen LogP contribution < -0.4 is 15.4 Å². The maximum absolute atomic E-state index is 13.1. The SMILES string of the molecule is O=C(c1ccccc1)c1ccccc1NC(Cc1ccc(OCCNc2ccccc2Cc2ccccc2)cc1)C(=O)O. The first-order valence-electron chi connectivity index (χ1n) is 14.3. The number of rotatable bonds is 14. The normalized spacial score (nSPS) is 11.3. The van der Waals surface area contributed by atoms with Gasteiger partial charge in [-0.25, -0.2) is 4.79 Å². The van der Waals surface area contributed by atoms with Crippen molar-refractivity contribution in [3.63, 3.8) is 0 Å². The Hall–Kier alpha value is -5.36. The number of carboxylic acid groups (broad SMARTS) is 1. The van der Waals surface area contributed by atoms with Crippen LogP contribution in [0.3, 0.4) is 0 Å². The summed E-state index contributed by atoms with van der Waals surface area (Å²) in [6, 6.07) is 41.2. The molecule has 1 atom stereocenters. The van der Waals surface area contributed by atoms with Gasteiger partial charge in [-0.1, -0.05) is 103 Å². The number of para-hydroxylation sites is 2. The Labute approximate surface area is 252 Å². The molecule has 0 spiro atoms. The largest absolute Gasteiger partial charge is 0.492 e. The predicted octanol–water partition coefficient (Wildman–Crippen LogP) is 7.11. The molecule has 0 saturated heterocycles. The van der Waals surface area contributed by atoms with Crippen LogP contribution in [0, 0.1) is 0 Å². The summed E-state index contributed by atoms with van der Waals surface area (Å²) >= 11 is 0. The van der Waals surface area contributed by atoms with E-state index in [1.807, 2.05) is 42.5 Å². The average molecular weight is 571 g/mol. The molecule has 0 bridgehead atoms. The lowest BCUT2D eigenvalue weighted by Gasteiger charge is -2.18. The second kappa shape index (κ2) is 14.5. The first kappa shape index (κ1) is 29.1. The van der Waals surface area contributed by atoms with E-state index in [9.17, 15) is 14.7 Å². The number of nitrogens with one attached hydrogen (secondary N) is 2. The molecule has 0 aliphatic carbocycles. The topological polar surface area (TPSA) is 87.7 Å². The molecule has 43 heavy (non-hydrogen) atoms. The van der Waals surface area contributed by atoms with E-state index in [4.69, 9.17) is 4.74 Å². The number of benzene rings is 5. The third-order valence-electron chi connectivity index (χ3n) is 7.14. The summed E-state index contributed by atoms with van der Waals surface area (Å²) in [7, 11) is 0. The van der Waals surface area contributed by atoms with Gasteiger partial charge in [-0.05, 0) is 53.4 Å². The van der Waals surface area contributed by atoms with Gasteiger partial charge < -0.3 is 20.5 Å². The number of carboxylic acids is 1. The summed E-state index contributed by atoms with van der Waals surface area (Å²) in [5.74, 6) is -0.453. The van der Waals surface area contributed by atoms with Crippen molar-refractivity contribution in [3.8, 4) is 5.75 Å². The van der Waals surface area contributed by atoms with Crippen LogP contribution in [0.1, 0.15) is 32.6 Å². The van der Waals surface area contributed by atoms with Crippen LogP contribution in [0.5, 0.6) is 5.75 Å². The number of hydrogen-bond acceptors (Lipinski definition) is 5. The molecule has 6 heteroatoms. The Morgan fingerprint density at radius 3 is 2.02 bits per heavy atom. The second-order valence-electron chi connectivity index (χ2n) is 10.2. The zero-order valence-corrected chi connectivity index (χ0v) is 23.8. The highest BCUT2D eigenvalue weighted by atomic mass is 16.5. The number of hydrogen-bond donors (Lipinski definition) is 3. The maximum atomic E-state index is 13.1. The minimum atomic E-state index is -0.999. The van der Waals surface area contributed by atoms with Crippen molar-refractivity contribution >= 4 is 23.1 Å². The van der Waals surface area contributed by atoms with E-state index in [0.29, 0.717) is 35.7 Å². The zero-order valence-electron chi connectivity index (χ0n) is 23.8. The van der Waals surface area contributed by atoms with Crippen LogP contribution in [0.25, 0.3) is 0 Å². The Kier molecular flexibility index (Phi) is 9.83. The van der Waals surface area contributed by atoms with Gasteiger partial charge in [0.15, 0.2) is 5.78 Å². The van der Waals surface area contributed by atoms with Crippen LogP contribution >= 0.6 is 0 Å². The molecule has 0 fully saturated rings. The molecule has 0 aliphatic rings. The van der Waals surface area contributed by atoms with Crippen LogP contribution in [0.2, 0.25) is 0 Å². The first-order valence-corrected chi connectivity index (χ1v) is 14.3. The van der Waals surface area contributed by atoms with E-state index in [2.05, 4.69) is 53.1 Å². The number of anilines is 2. The van der Waals surface area contributed by atoms with Crippen molar-refractivity contribution < 1.29 is 19.4 Å². The monoisotopic (exact) mass is 570 g/mol. The number of ether oxygens (including phenoxy) is 1. The highest BCUT2D eigenvalue weighted by Crippen LogP contribution is 2.22. The van der Waals surface area contributed by atoms with E-state index in [0.717, 1.165) is 17.7 Å². The Morgan fingerprint density at radius 2 is 1.30 bits per heavy atom. The van der Waals surface area contributed by atoms with Gasteiger partial charge in [0, 0.05) is 35.5 Å². The molecule has 0 aromatic heterocycles. The summed E-state index contributed by atoms with van der Waals surface area (Å²) in [5, 5.41) is 16.5. The Bertz CT molecular complexity index is 1640. The standard InChI is InChI=1S/C37H34N2O4/c40-36(29-13-5-2-6-14-29)32-16-8-10-18-34(32)39-35(37(41)42)26-28-19-21-31(22-20-28)43-24-23-38-33-17-9-7-15-30(33)25-27-11-3-1-4-12-27/h1-22,35,38-39H,23-26H2,(H,41,42). The van der Waals surface area contributed by atoms with Crippen molar-refractivity contribution in [1.82, 2.24) is 0 Å².